The predicted octanol–water partition coefficient (Wildman–Crippen LogP) is 10.8. The van der Waals surface area contributed by atoms with Crippen LogP contribution in [-0.4, -0.2) is 63.2 Å². The van der Waals surface area contributed by atoms with Crippen LogP contribution < -0.4 is 21.1 Å². The van der Waals surface area contributed by atoms with E-state index in [1.54, 1.807) is 17.0 Å². The number of nitrogens with one attached hydrogen (secondary N) is 3. The fourth-order valence-electron chi connectivity index (χ4n) is 8.75. The van der Waals surface area contributed by atoms with E-state index in [-0.39, 0.29) is 28.5 Å². The molecule has 1 saturated carbocycles. The Bertz CT molecular complexity index is 2870. The number of pyridine rings is 1. The Morgan fingerprint density at radius 1 is 0.909 bits per heavy atom. The number of hydrogen-bond donors (Lipinski definition) is 5. The molecular formula is C53H61N7O5Si. The smallest absolute Gasteiger partial charge is 0.412 e. The third-order valence-electron chi connectivity index (χ3n) is 13.4. The number of phenolic OH excluding ortho intramolecular Hbond substituents is 1. The summed E-state index contributed by atoms with van der Waals surface area (Å²) < 4.78 is 8.85. The van der Waals surface area contributed by atoms with Gasteiger partial charge in [-0.05, 0) is 102 Å². The molecule has 7 aromatic rings. The second kappa shape index (κ2) is 20.0. The van der Waals surface area contributed by atoms with Crippen molar-refractivity contribution in [3.05, 3.63) is 160 Å². The van der Waals surface area contributed by atoms with Gasteiger partial charge in [-0.2, -0.15) is 0 Å². The molecule has 1 amide bonds. The van der Waals surface area contributed by atoms with Crippen molar-refractivity contribution < 1.29 is 19.4 Å². The number of aromatic amines is 1. The number of phenols is 1. The highest BCUT2D eigenvalue weighted by Crippen LogP contribution is 2.41. The first kappa shape index (κ1) is 46.2. The van der Waals surface area contributed by atoms with Gasteiger partial charge in [-0.25, -0.2) is 9.48 Å². The van der Waals surface area contributed by atoms with Crippen LogP contribution in [-0.2, 0) is 24.1 Å². The molecule has 0 radical (unpaired) electrons. The van der Waals surface area contributed by atoms with Crippen LogP contribution in [0.5, 0.6) is 5.75 Å². The first-order chi connectivity index (χ1) is 31.7. The van der Waals surface area contributed by atoms with E-state index in [1.807, 2.05) is 89.6 Å². The molecule has 1 fully saturated rings. The number of anilines is 1. The third-order valence-corrected chi connectivity index (χ3v) is 17.9. The maximum atomic E-state index is 13.1. The predicted molar refractivity (Wildman–Crippen MR) is 267 cm³/mol. The summed E-state index contributed by atoms with van der Waals surface area (Å²) in [4.78, 5) is 29.7. The summed E-state index contributed by atoms with van der Waals surface area (Å²) in [6, 6.07) is 39.6. The number of fused-ring (bicyclic) bond motifs is 2. The normalized spacial score (nSPS) is 16.3. The van der Waals surface area contributed by atoms with Gasteiger partial charge < -0.3 is 30.3 Å². The minimum Gasteiger partial charge on any atom is -0.506 e. The van der Waals surface area contributed by atoms with Gasteiger partial charge in [0.2, 0.25) is 5.56 Å². The number of carboxylic acid groups (broad SMARTS) is 1. The van der Waals surface area contributed by atoms with E-state index in [1.165, 1.54) is 11.6 Å². The summed E-state index contributed by atoms with van der Waals surface area (Å²) in [5, 5.41) is 38.4. The van der Waals surface area contributed by atoms with Crippen molar-refractivity contribution in [2.45, 2.75) is 102 Å². The molecular weight excluding hydrogens is 843 g/mol. The van der Waals surface area contributed by atoms with Crippen molar-refractivity contribution in [3.8, 4) is 16.9 Å². The highest BCUT2D eigenvalue weighted by molar-refractivity contribution is 6.74. The first-order valence-corrected chi connectivity index (χ1v) is 25.9. The molecule has 5 N–H and O–H groups in total. The second-order valence-electron chi connectivity index (χ2n) is 18.9. The Morgan fingerprint density at radius 2 is 1.65 bits per heavy atom. The Hall–Kier alpha value is -6.38. The largest absolute Gasteiger partial charge is 0.506 e. The molecule has 0 bridgehead atoms. The van der Waals surface area contributed by atoms with E-state index >= 15 is 0 Å². The van der Waals surface area contributed by atoms with Crippen molar-refractivity contribution >= 4 is 48.1 Å². The highest BCUT2D eigenvalue weighted by atomic mass is 28.4. The fourth-order valence-corrected chi connectivity index (χ4v) is 10.0. The zero-order valence-corrected chi connectivity index (χ0v) is 39.5. The number of benzene rings is 5. The Kier molecular flexibility index (Phi) is 14.0. The monoisotopic (exact) mass is 903 g/mol. The zero-order chi connectivity index (χ0) is 46.4. The third kappa shape index (κ3) is 10.7. The van der Waals surface area contributed by atoms with E-state index in [9.17, 15) is 19.8 Å². The molecule has 342 valence electrons. The topological polar surface area (TPSA) is 158 Å². The van der Waals surface area contributed by atoms with E-state index < -0.39 is 14.4 Å². The lowest BCUT2D eigenvalue weighted by Gasteiger charge is -2.39. The van der Waals surface area contributed by atoms with Crippen molar-refractivity contribution in [3.63, 3.8) is 0 Å². The molecule has 0 aliphatic heterocycles. The molecule has 0 unspecified atom stereocenters. The SMILES string of the molecule is CC(C)(C)[Si](C)(C)O[C@@H](CNCc1ccc2c(c1)nnn2C/C=C/c1ccc(-c2ccccc2)c(N(C(=O)O)C2CCC(NCc3ccccc3)CC2)c1)c1ccc(O)c2[nH]c(=O)ccc12. The maximum absolute atomic E-state index is 13.1. The van der Waals surface area contributed by atoms with Gasteiger partial charge in [0.1, 0.15) is 11.3 Å². The van der Waals surface area contributed by atoms with Crippen molar-refractivity contribution in [1.82, 2.24) is 30.6 Å². The first-order valence-electron chi connectivity index (χ1n) is 22.9. The quantitative estimate of drug-likeness (QED) is 0.0595. The van der Waals surface area contributed by atoms with Crippen molar-refractivity contribution in [2.75, 3.05) is 11.4 Å². The van der Waals surface area contributed by atoms with Gasteiger partial charge in [0.25, 0.3) is 0 Å². The lowest BCUT2D eigenvalue weighted by atomic mass is 9.89. The van der Waals surface area contributed by atoms with Crippen LogP contribution in [0.1, 0.15) is 74.8 Å². The number of hydrogen-bond acceptors (Lipinski definition) is 8. The molecule has 1 atom stereocenters. The molecule has 1 aliphatic rings. The summed E-state index contributed by atoms with van der Waals surface area (Å²) >= 11 is 0. The number of carbonyl (C=O) groups is 1. The summed E-state index contributed by atoms with van der Waals surface area (Å²) in [6.45, 7) is 13.4. The Morgan fingerprint density at radius 3 is 2.38 bits per heavy atom. The van der Waals surface area contributed by atoms with E-state index in [2.05, 4.69) is 90.1 Å². The average Bonchev–Trinajstić information content (AvgIpc) is 3.71. The molecule has 13 heteroatoms. The van der Waals surface area contributed by atoms with Crippen LogP contribution in [0, 0.1) is 0 Å². The number of rotatable bonds is 16. The van der Waals surface area contributed by atoms with Gasteiger partial charge in [0.15, 0.2) is 8.32 Å². The van der Waals surface area contributed by atoms with Gasteiger partial charge in [-0.3, -0.25) is 9.69 Å². The average molecular weight is 904 g/mol. The Balaban J connectivity index is 0.953. The number of aromatic nitrogens is 4. The summed E-state index contributed by atoms with van der Waals surface area (Å²) in [7, 11) is -2.24. The van der Waals surface area contributed by atoms with Crippen molar-refractivity contribution in [1.29, 1.82) is 0 Å². The van der Waals surface area contributed by atoms with Crippen LogP contribution in [0.25, 0.3) is 39.1 Å². The molecule has 2 aromatic heterocycles. The minimum atomic E-state index is -2.24. The molecule has 1 aliphatic carbocycles. The molecule has 2 heterocycles. The minimum absolute atomic E-state index is 0.0212. The summed E-state index contributed by atoms with van der Waals surface area (Å²) in [5.41, 5.74) is 8.44. The molecule has 66 heavy (non-hydrogen) atoms. The molecule has 8 rings (SSSR count). The lowest BCUT2D eigenvalue weighted by molar-refractivity contribution is 0.181. The van der Waals surface area contributed by atoms with E-state index in [0.717, 1.165) is 76.5 Å². The van der Waals surface area contributed by atoms with Gasteiger partial charge in [0, 0.05) is 48.7 Å². The van der Waals surface area contributed by atoms with Gasteiger partial charge >= 0.3 is 6.09 Å². The standard InChI is InChI=1S/C53H61N7O5Si/c1-53(2,3)66(4,5)65-49(43-25-28-48(61)51-44(43)26-29-50(62)56-51)35-54-33-38-19-27-46-45(31-38)57-58-59(46)30-12-15-36-18-24-42(39-16-10-7-11-17-39)47(32-36)60(52(63)64)41-22-20-40(21-23-41)55-34-37-13-8-6-9-14-37/h6-19,24-29,31-32,40-41,49,54-55,61H,20-23,30,33-35H2,1-5H3,(H,56,62)(H,63,64)/b15-12+/t40?,41?,49-/m0/s1. The number of H-pyrrole nitrogens is 1. The molecule has 0 spiro atoms. The number of amides is 1. The van der Waals surface area contributed by atoms with Crippen LogP contribution in [0.3, 0.4) is 0 Å². The maximum Gasteiger partial charge on any atom is 0.412 e. The second-order valence-corrected chi connectivity index (χ2v) is 23.7. The van der Waals surface area contributed by atoms with E-state index in [0.29, 0.717) is 36.9 Å². The Labute approximate surface area is 387 Å². The van der Waals surface area contributed by atoms with Crippen molar-refractivity contribution in [2.24, 2.45) is 0 Å². The number of allylic oxidation sites excluding steroid dienone is 1. The van der Waals surface area contributed by atoms with Crippen LogP contribution in [0.4, 0.5) is 10.5 Å². The number of nitrogens with zero attached hydrogens (tertiary/aromatic N) is 4. The molecule has 5 aromatic carbocycles. The molecule has 0 saturated heterocycles. The van der Waals surface area contributed by atoms with E-state index in [4.69, 9.17) is 4.43 Å². The van der Waals surface area contributed by atoms with Gasteiger partial charge in [-0.15, -0.1) is 5.10 Å². The van der Waals surface area contributed by atoms with Crippen LogP contribution >= 0.6 is 0 Å². The number of aromatic hydroxyl groups is 1. The van der Waals surface area contributed by atoms with Crippen LogP contribution in [0.2, 0.25) is 18.1 Å². The summed E-state index contributed by atoms with van der Waals surface area (Å²) in [5.74, 6) is 0.0212. The zero-order valence-electron chi connectivity index (χ0n) is 38.5. The highest BCUT2D eigenvalue weighted by Gasteiger charge is 2.40. The summed E-state index contributed by atoms with van der Waals surface area (Å²) in [6.07, 6.45) is 6.14. The fraction of sp³-hybridized carbons (Fsp3) is 0.321. The van der Waals surface area contributed by atoms with Crippen LogP contribution in [0.15, 0.2) is 132 Å². The van der Waals surface area contributed by atoms with Gasteiger partial charge in [-0.1, -0.05) is 123 Å². The lowest BCUT2D eigenvalue weighted by Crippen LogP contribution is -2.45. The van der Waals surface area contributed by atoms with Gasteiger partial charge in [0.05, 0.1) is 29.4 Å². The molecule has 12 nitrogen and oxygen atoms in total.